The molecule has 0 bridgehead atoms. The van der Waals surface area contributed by atoms with Gasteiger partial charge in [-0.3, -0.25) is 4.57 Å². The first-order valence-corrected chi connectivity index (χ1v) is 23.2. The predicted molar refractivity (Wildman–Crippen MR) is 344 cm³/mol. The normalized spacial score (nSPS) is 12.2. The molecule has 12 aromatic rings. The summed E-state index contributed by atoms with van der Waals surface area (Å²) in [5.74, 6) is 0.318. The molecular formula is C47H5B23N4S. The van der Waals surface area contributed by atoms with E-state index in [9.17, 15) is 0 Å². The monoisotopic (exact) mass is 910 g/mol. The van der Waals surface area contributed by atoms with Crippen molar-refractivity contribution < 1.29 is 0 Å². The van der Waals surface area contributed by atoms with Gasteiger partial charge < -0.3 is 9.13 Å². The fourth-order valence-electron chi connectivity index (χ4n) is 11.0. The quantitative estimate of drug-likeness (QED) is 0.162. The summed E-state index contributed by atoms with van der Waals surface area (Å²) in [6.45, 7) is 0. The first-order valence-electron chi connectivity index (χ1n) is 22.4. The third kappa shape index (κ3) is 6.24. The van der Waals surface area contributed by atoms with E-state index in [-0.39, 0.29) is 175 Å². The van der Waals surface area contributed by atoms with Crippen molar-refractivity contribution in [1.82, 2.24) is 18.7 Å². The van der Waals surface area contributed by atoms with E-state index >= 15 is 0 Å². The van der Waals surface area contributed by atoms with Crippen LogP contribution in [0.15, 0.2) is 30.5 Å². The Bertz CT molecular complexity index is 4610. The summed E-state index contributed by atoms with van der Waals surface area (Å²) in [4.78, 5) is 4.97. The summed E-state index contributed by atoms with van der Waals surface area (Å²) < 4.78 is 6.44. The van der Waals surface area contributed by atoms with Crippen LogP contribution in [0, 0.1) is 0 Å². The van der Waals surface area contributed by atoms with Crippen molar-refractivity contribution in [2.24, 2.45) is 0 Å². The second kappa shape index (κ2) is 16.9. The molecule has 28 heteroatoms. The van der Waals surface area contributed by atoms with Crippen LogP contribution in [0.5, 0.6) is 0 Å². The summed E-state index contributed by atoms with van der Waals surface area (Å²) >= 11 is 1.40. The van der Waals surface area contributed by atoms with Gasteiger partial charge in [0, 0.05) is 71.5 Å². The minimum absolute atomic E-state index is 0.00925. The Labute approximate surface area is 466 Å². The third-order valence-corrected chi connectivity index (χ3v) is 16.0. The molecule has 0 spiro atoms. The minimum atomic E-state index is -0.0911. The van der Waals surface area contributed by atoms with Crippen LogP contribution in [0.2, 0.25) is 0 Å². The summed E-state index contributed by atoms with van der Waals surface area (Å²) in [5, 5.41) is 3.18. The largest absolute Gasteiger partial charge is 0.312 e. The third-order valence-electron chi connectivity index (χ3n) is 14.9. The number of fused-ring (bicyclic) bond motifs is 12. The number of rotatable bonds is 3. The van der Waals surface area contributed by atoms with Gasteiger partial charge in [0.25, 0.3) is 0 Å². The maximum Gasteiger partial charge on any atom is 0.155 e. The first kappa shape index (κ1) is 50.6. The van der Waals surface area contributed by atoms with Crippen LogP contribution in [-0.4, -0.2) is 199 Å². The predicted octanol–water partition coefficient (Wildman–Crippen LogP) is -15.0. The lowest BCUT2D eigenvalue weighted by Gasteiger charge is -2.24. The van der Waals surface area contributed by atoms with Gasteiger partial charge in [0.2, 0.25) is 0 Å². The number of hydrogen-bond acceptors (Lipinski definition) is 2. The van der Waals surface area contributed by atoms with Crippen LogP contribution in [0.25, 0.3) is 103 Å². The summed E-state index contributed by atoms with van der Waals surface area (Å²) in [7, 11) is 155. The fraction of sp³-hybridized carbons (Fsp3) is 0. The molecule has 288 valence electrons. The SMILES string of the molecule is [B]c1c([B])c([B])c2c(c1[B])c1c([B])c([B])c([B])c([B])c1n2-c1ccc2sc3c(-n4c5c([B])c([B])c([B])c([B])c5c5c([B])c(-n6c7c([B])c([B])c([B])c([B])c7c7c([B])c([B])c([B])c([B])c76)c([B])c([B])c54)nccc3c2c1. The van der Waals surface area contributed by atoms with E-state index < -0.39 is 0 Å². The Balaban J connectivity index is 1.21. The van der Waals surface area contributed by atoms with Crippen molar-refractivity contribution in [3.05, 3.63) is 30.5 Å². The van der Waals surface area contributed by atoms with Crippen molar-refractivity contribution >= 4 is 403 Å². The van der Waals surface area contributed by atoms with Crippen molar-refractivity contribution in [2.45, 2.75) is 0 Å². The maximum atomic E-state index is 7.45. The summed E-state index contributed by atoms with van der Waals surface area (Å²) in [6, 6.07) is 7.54. The Morgan fingerprint density at radius 1 is 0.293 bits per heavy atom. The van der Waals surface area contributed by atoms with Crippen LogP contribution < -0.4 is 126 Å². The fourth-order valence-corrected chi connectivity index (χ4v) is 12.2. The highest BCUT2D eigenvalue weighted by atomic mass is 32.1. The molecule has 5 heterocycles. The molecule has 0 saturated carbocycles. The molecule has 46 radical (unpaired) electrons. The van der Waals surface area contributed by atoms with Gasteiger partial charge in [-0.25, -0.2) is 4.98 Å². The van der Waals surface area contributed by atoms with E-state index in [0.29, 0.717) is 38.0 Å². The standard InChI is InChI=1S/C47H5B23N4S/c48-16-10-11-17(49)23(55)28(60)33(65)40(11)72(39(10)32(64)27(59)22(16)54)6-1-2-9-8(5-6)7-3-4-71-47(46(7)75-9)74-43-14(20(52)26(58)31(63)36(43)68)15-21(53)45(38(70)37(69)44(15)74)73-41-12(18(50)24(56)29(61)34(41)66)13-19(51)25(57)30(62)35(67)42(13)73/h1-5H. The topological polar surface area (TPSA) is 27.7 Å². The maximum absolute atomic E-state index is 7.45. The van der Waals surface area contributed by atoms with Gasteiger partial charge in [0.15, 0.2) is 5.82 Å². The average molecular weight is 906 g/mol. The molecule has 5 aromatic heterocycles. The Hall–Kier alpha value is -5.20. The molecule has 0 atom stereocenters. The Morgan fingerprint density at radius 2 is 0.613 bits per heavy atom. The van der Waals surface area contributed by atoms with E-state index in [2.05, 4.69) is 0 Å². The minimum Gasteiger partial charge on any atom is -0.312 e. The van der Waals surface area contributed by atoms with Crippen LogP contribution >= 0.6 is 11.3 Å². The Kier molecular flexibility index (Phi) is 11.4. The first-order chi connectivity index (χ1) is 35.4. The van der Waals surface area contributed by atoms with E-state index in [1.807, 2.05) is 24.3 Å². The highest BCUT2D eigenvalue weighted by Crippen LogP contribution is 2.41. The van der Waals surface area contributed by atoms with Gasteiger partial charge in [-0.2, -0.15) is 0 Å². The van der Waals surface area contributed by atoms with E-state index in [4.69, 9.17) is 185 Å². The number of thiophene rings is 1. The van der Waals surface area contributed by atoms with Gasteiger partial charge in [0.1, 0.15) is 180 Å². The highest BCUT2D eigenvalue weighted by Gasteiger charge is 2.30. The molecule has 12 rings (SSSR count). The molecule has 0 amide bonds. The lowest BCUT2D eigenvalue weighted by atomic mass is 9.63. The molecule has 0 unspecified atom stereocenters. The molecule has 4 nitrogen and oxygen atoms in total. The molecule has 0 aliphatic carbocycles. The molecule has 0 aliphatic rings. The number of nitrogens with zero attached hydrogens (tertiary/aromatic N) is 4. The molecule has 0 aliphatic heterocycles. The average Bonchev–Trinajstić information content (AvgIpc) is 4.18. The van der Waals surface area contributed by atoms with Crippen LogP contribution in [0.1, 0.15) is 0 Å². The molecular weight excluding hydrogens is 901 g/mol. The number of aromatic nitrogens is 4. The van der Waals surface area contributed by atoms with Crippen molar-refractivity contribution in [3.63, 3.8) is 0 Å². The van der Waals surface area contributed by atoms with E-state index in [1.54, 1.807) is 15.3 Å². The van der Waals surface area contributed by atoms with E-state index in [0.717, 1.165) is 15.5 Å². The smallest absolute Gasteiger partial charge is 0.155 e. The zero-order valence-corrected chi connectivity index (χ0v) is 40.2. The lowest BCUT2D eigenvalue weighted by molar-refractivity contribution is 1.11. The Morgan fingerprint density at radius 3 is 1.00 bits per heavy atom. The number of pyridine rings is 1. The second-order valence-corrected chi connectivity index (χ2v) is 19.6. The van der Waals surface area contributed by atoms with Crippen LogP contribution in [0.4, 0.5) is 0 Å². The van der Waals surface area contributed by atoms with Gasteiger partial charge in [-0.15, -0.1) is 66.0 Å². The zero-order chi connectivity index (χ0) is 53.9. The van der Waals surface area contributed by atoms with Crippen molar-refractivity contribution in [2.75, 3.05) is 0 Å². The van der Waals surface area contributed by atoms with Gasteiger partial charge in [0.05, 0.1) is 4.70 Å². The van der Waals surface area contributed by atoms with Crippen molar-refractivity contribution in [1.29, 1.82) is 0 Å². The molecule has 75 heavy (non-hydrogen) atoms. The van der Waals surface area contributed by atoms with Crippen LogP contribution in [0.3, 0.4) is 0 Å². The molecule has 7 aromatic carbocycles. The van der Waals surface area contributed by atoms with Gasteiger partial charge >= 0.3 is 0 Å². The lowest BCUT2D eigenvalue weighted by Crippen LogP contribution is -2.49. The van der Waals surface area contributed by atoms with Gasteiger partial charge in [-0.1, -0.05) is 71.0 Å². The molecule has 0 fully saturated rings. The van der Waals surface area contributed by atoms with E-state index in [1.165, 1.54) is 15.9 Å². The zero-order valence-electron chi connectivity index (χ0n) is 39.4. The molecule has 0 saturated heterocycles. The summed E-state index contributed by atoms with van der Waals surface area (Å²) in [6.07, 6.45) is 1.61. The summed E-state index contributed by atoms with van der Waals surface area (Å²) in [5.41, 5.74) is 2.47. The number of hydrogen-bond donors (Lipinski definition) is 0. The second-order valence-electron chi connectivity index (χ2n) is 18.5. The number of benzene rings is 7. The van der Waals surface area contributed by atoms with Crippen LogP contribution in [-0.2, 0) is 0 Å². The van der Waals surface area contributed by atoms with Gasteiger partial charge in [-0.05, 0) is 51.2 Å². The molecule has 0 N–H and O–H groups in total. The van der Waals surface area contributed by atoms with Crippen molar-refractivity contribution in [3.8, 4) is 17.2 Å². The highest BCUT2D eigenvalue weighted by molar-refractivity contribution is 7.26.